The Morgan fingerprint density at radius 3 is 2.29 bits per heavy atom. The molecule has 2 aliphatic carbocycles. The van der Waals surface area contributed by atoms with E-state index in [1.54, 1.807) is 0 Å². The van der Waals surface area contributed by atoms with E-state index in [-0.39, 0.29) is 22.5 Å². The largest absolute Gasteiger partial charge is 0.416 e. The average molecular weight is 660 g/mol. The number of halogens is 4. The molecule has 1 saturated carbocycles. The molecule has 210 valence electrons. The van der Waals surface area contributed by atoms with Crippen LogP contribution in [0, 0.1) is 14.9 Å². The van der Waals surface area contributed by atoms with Crippen LogP contribution in [0.5, 0.6) is 0 Å². The van der Waals surface area contributed by atoms with Crippen molar-refractivity contribution in [2.75, 3.05) is 0 Å². The van der Waals surface area contributed by atoms with Gasteiger partial charge in [-0.25, -0.2) is 0 Å². The molecule has 1 N–H and O–H groups in total. The molecule has 1 aromatic heterocycles. The van der Waals surface area contributed by atoms with Crippen LogP contribution in [0.3, 0.4) is 0 Å². The quantitative estimate of drug-likeness (QED) is 0.257. The molecular formula is C30H41F3INO2Si. The topological polar surface area (TPSA) is 42.4 Å². The van der Waals surface area contributed by atoms with E-state index in [9.17, 15) is 18.3 Å². The Balaban J connectivity index is 1.64. The van der Waals surface area contributed by atoms with Crippen molar-refractivity contribution in [3.63, 3.8) is 0 Å². The van der Waals surface area contributed by atoms with Gasteiger partial charge >= 0.3 is 6.18 Å². The minimum atomic E-state index is -4.38. The first kappa shape index (κ1) is 30.0. The maximum atomic E-state index is 13.0. The van der Waals surface area contributed by atoms with Gasteiger partial charge in [-0.05, 0) is 114 Å². The van der Waals surface area contributed by atoms with Gasteiger partial charge in [-0.1, -0.05) is 46.8 Å². The first-order valence-electron chi connectivity index (χ1n) is 13.6. The summed E-state index contributed by atoms with van der Waals surface area (Å²) in [5, 5.41) is 11.3. The molecule has 4 rings (SSSR count). The average Bonchev–Trinajstić information content (AvgIpc) is 3.19. The molecule has 1 aromatic carbocycles. The van der Waals surface area contributed by atoms with Crippen LogP contribution in [0.15, 0.2) is 30.3 Å². The predicted molar refractivity (Wildman–Crippen MR) is 157 cm³/mol. The van der Waals surface area contributed by atoms with Gasteiger partial charge in [-0.15, -0.1) is 0 Å². The number of aromatic nitrogens is 1. The second-order valence-corrected chi connectivity index (χ2v) is 19.3. The van der Waals surface area contributed by atoms with E-state index in [0.29, 0.717) is 11.5 Å². The van der Waals surface area contributed by atoms with E-state index in [1.165, 1.54) is 21.3 Å². The van der Waals surface area contributed by atoms with Crippen molar-refractivity contribution in [2.45, 2.75) is 109 Å². The standard InChI is InChI=1S/C30H41F3INO2Si/c1-18(2)23-14-22(34)26-24(35-23)16-29(17-25(26)37-38(6,7)28(3,4)5)13-12-20(15-29)27(36)19-8-10-21(11-9-19)30(31,32)33/h8-11,14,18,20,25,27,36H,12-13,15-17H2,1-7H3/t20?,25-,27-,29?/m0/s1. The molecule has 38 heavy (non-hydrogen) atoms. The number of rotatable bonds is 5. The van der Waals surface area contributed by atoms with Crippen LogP contribution in [-0.4, -0.2) is 18.4 Å². The third-order valence-electron chi connectivity index (χ3n) is 9.19. The maximum absolute atomic E-state index is 13.0. The van der Waals surface area contributed by atoms with Crippen molar-refractivity contribution in [3.8, 4) is 0 Å². The van der Waals surface area contributed by atoms with Crippen molar-refractivity contribution >= 4 is 30.9 Å². The molecule has 1 spiro atoms. The number of nitrogens with zero attached hydrogens (tertiary/aromatic N) is 1. The number of pyridine rings is 1. The van der Waals surface area contributed by atoms with Crippen LogP contribution in [0.2, 0.25) is 18.1 Å². The molecule has 4 atom stereocenters. The third-order valence-corrected chi connectivity index (χ3v) is 14.6. The van der Waals surface area contributed by atoms with E-state index in [0.717, 1.165) is 55.6 Å². The van der Waals surface area contributed by atoms with E-state index < -0.39 is 26.2 Å². The van der Waals surface area contributed by atoms with Crippen molar-refractivity contribution in [1.82, 2.24) is 4.98 Å². The lowest BCUT2D eigenvalue weighted by Crippen LogP contribution is -2.44. The Morgan fingerprint density at radius 2 is 1.74 bits per heavy atom. The van der Waals surface area contributed by atoms with Gasteiger partial charge in [-0.2, -0.15) is 13.2 Å². The fraction of sp³-hybridized carbons (Fsp3) is 0.633. The Labute approximate surface area is 240 Å². The third kappa shape index (κ3) is 6.03. The minimum Gasteiger partial charge on any atom is -0.410 e. The zero-order valence-electron chi connectivity index (χ0n) is 23.5. The first-order valence-corrected chi connectivity index (χ1v) is 17.6. The lowest BCUT2D eigenvalue weighted by Gasteiger charge is -2.45. The monoisotopic (exact) mass is 659 g/mol. The maximum Gasteiger partial charge on any atom is 0.416 e. The summed E-state index contributed by atoms with van der Waals surface area (Å²) < 4.78 is 47.4. The van der Waals surface area contributed by atoms with Crippen molar-refractivity contribution in [3.05, 3.63) is 62.0 Å². The number of hydrogen-bond donors (Lipinski definition) is 1. The fourth-order valence-corrected chi connectivity index (χ4v) is 8.17. The molecule has 0 amide bonds. The summed E-state index contributed by atoms with van der Waals surface area (Å²) >= 11 is 2.45. The predicted octanol–water partition coefficient (Wildman–Crippen LogP) is 9.36. The molecule has 2 unspecified atom stereocenters. The van der Waals surface area contributed by atoms with Gasteiger partial charge in [0.05, 0.1) is 17.8 Å². The first-order chi connectivity index (χ1) is 17.4. The molecule has 2 aromatic rings. The summed E-state index contributed by atoms with van der Waals surface area (Å²) in [7, 11) is -2.07. The lowest BCUT2D eigenvalue weighted by molar-refractivity contribution is -0.137. The second kappa shape index (κ2) is 10.5. The molecule has 1 fully saturated rings. The van der Waals surface area contributed by atoms with E-state index in [4.69, 9.17) is 9.41 Å². The Hall–Kier alpha value is -0.973. The van der Waals surface area contributed by atoms with Gasteiger partial charge in [-0.3, -0.25) is 4.98 Å². The zero-order chi connectivity index (χ0) is 28.3. The smallest absolute Gasteiger partial charge is 0.410 e. The summed E-state index contributed by atoms with van der Waals surface area (Å²) in [5.41, 5.74) is 3.28. The Bertz CT molecular complexity index is 1160. The summed E-state index contributed by atoms with van der Waals surface area (Å²) in [6, 6.07) is 7.20. The van der Waals surface area contributed by atoms with E-state index >= 15 is 0 Å². The lowest BCUT2D eigenvalue weighted by atomic mass is 9.70. The van der Waals surface area contributed by atoms with Crippen molar-refractivity contribution in [2.24, 2.45) is 11.3 Å². The molecule has 0 aliphatic heterocycles. The van der Waals surface area contributed by atoms with Gasteiger partial charge in [0.15, 0.2) is 8.32 Å². The van der Waals surface area contributed by atoms with Crippen LogP contribution in [0.1, 0.15) is 107 Å². The van der Waals surface area contributed by atoms with Crippen molar-refractivity contribution < 1.29 is 22.7 Å². The summed E-state index contributed by atoms with van der Waals surface area (Å²) in [6.07, 6.45) is -0.851. The highest BCUT2D eigenvalue weighted by atomic mass is 127. The molecule has 0 bridgehead atoms. The van der Waals surface area contributed by atoms with E-state index in [2.05, 4.69) is 76.4 Å². The van der Waals surface area contributed by atoms with Crippen LogP contribution in [-0.2, 0) is 17.0 Å². The number of alkyl halides is 3. The van der Waals surface area contributed by atoms with Crippen LogP contribution < -0.4 is 0 Å². The molecule has 2 aliphatic rings. The Morgan fingerprint density at radius 1 is 1.11 bits per heavy atom. The number of benzene rings is 1. The highest BCUT2D eigenvalue weighted by molar-refractivity contribution is 14.1. The van der Waals surface area contributed by atoms with Gasteiger partial charge < -0.3 is 9.53 Å². The molecule has 0 radical (unpaired) electrons. The SMILES string of the molecule is CC(C)c1cc(I)c2c(n1)CC1(CCC([C@@H](O)c3ccc(C(F)(F)F)cc3)C1)C[C@@H]2O[Si](C)(C)C(C)(C)C. The molecule has 1 heterocycles. The van der Waals surface area contributed by atoms with Gasteiger partial charge in [0.2, 0.25) is 0 Å². The highest BCUT2D eigenvalue weighted by Gasteiger charge is 2.50. The molecule has 0 saturated heterocycles. The van der Waals surface area contributed by atoms with Crippen LogP contribution >= 0.6 is 22.6 Å². The van der Waals surface area contributed by atoms with Crippen LogP contribution in [0.4, 0.5) is 13.2 Å². The summed E-state index contributed by atoms with van der Waals surface area (Å²) in [6.45, 7) is 15.7. The van der Waals surface area contributed by atoms with E-state index in [1.807, 2.05) is 0 Å². The molecular weight excluding hydrogens is 618 g/mol. The number of hydrogen-bond acceptors (Lipinski definition) is 3. The fourth-order valence-electron chi connectivity index (χ4n) is 5.93. The number of fused-ring (bicyclic) bond motifs is 1. The minimum absolute atomic E-state index is 0.00541. The van der Waals surface area contributed by atoms with Crippen LogP contribution in [0.25, 0.3) is 0 Å². The van der Waals surface area contributed by atoms with Gasteiger partial charge in [0.1, 0.15) is 0 Å². The van der Waals surface area contributed by atoms with Gasteiger partial charge in [0.25, 0.3) is 0 Å². The molecule has 3 nitrogen and oxygen atoms in total. The van der Waals surface area contributed by atoms with Crippen molar-refractivity contribution in [1.29, 1.82) is 0 Å². The summed E-state index contributed by atoms with van der Waals surface area (Å²) in [4.78, 5) is 5.16. The second-order valence-electron chi connectivity index (χ2n) is 13.4. The number of aliphatic hydroxyl groups is 1. The number of aliphatic hydroxyl groups excluding tert-OH is 1. The van der Waals surface area contributed by atoms with Gasteiger partial charge in [0, 0.05) is 20.5 Å². The normalized spacial score (nSPS) is 25.2. The Kier molecular flexibility index (Phi) is 8.25. The summed E-state index contributed by atoms with van der Waals surface area (Å²) in [5.74, 6) is 0.318. The molecule has 8 heteroatoms. The zero-order valence-corrected chi connectivity index (χ0v) is 26.7. The highest BCUT2D eigenvalue weighted by Crippen LogP contribution is 2.57.